The Hall–Kier alpha value is -0.490. The van der Waals surface area contributed by atoms with Crippen LogP contribution in [-0.4, -0.2) is 0 Å². The molecule has 62 valence electrons. The van der Waals surface area contributed by atoms with E-state index in [2.05, 4.69) is 19.6 Å². The van der Waals surface area contributed by atoms with E-state index < -0.39 is 0 Å². The maximum absolute atomic E-state index is 5.83. The highest BCUT2D eigenvalue weighted by molar-refractivity contribution is 6.31. The molecule has 0 atom stereocenters. The fourth-order valence-corrected chi connectivity index (χ4v) is 0.921. The van der Waals surface area contributed by atoms with Gasteiger partial charge >= 0.3 is 0 Å². The zero-order valence-corrected chi connectivity index (χ0v) is 7.99. The van der Waals surface area contributed by atoms with Crippen LogP contribution in [-0.2, 0) is 0 Å². The van der Waals surface area contributed by atoms with E-state index in [0.717, 1.165) is 23.4 Å². The van der Waals surface area contributed by atoms with Gasteiger partial charge in [-0.05, 0) is 25.5 Å². The monoisotopic (exact) mass is 170 g/mol. The third kappa shape index (κ3) is 7.41. The average Bonchev–Trinajstić information content (AvgIpc) is 1.86. The molecule has 0 nitrogen and oxygen atoms in total. The van der Waals surface area contributed by atoms with Crippen LogP contribution in [0.15, 0.2) is 35.4 Å². The van der Waals surface area contributed by atoms with Gasteiger partial charge in [0.05, 0.1) is 0 Å². The fourth-order valence-electron chi connectivity index (χ4n) is 0.646. The Morgan fingerprint density at radius 2 is 2.18 bits per heavy atom. The Bertz CT molecular complexity index is 175. The Morgan fingerprint density at radius 1 is 1.55 bits per heavy atom. The number of rotatable bonds is 4. The van der Waals surface area contributed by atoms with Gasteiger partial charge in [-0.3, -0.25) is 0 Å². The number of unbranched alkanes of at least 4 members (excludes halogenated alkanes) is 1. The largest absolute Gasteiger partial charge is 0.0961 e. The van der Waals surface area contributed by atoms with Crippen molar-refractivity contribution in [2.24, 2.45) is 0 Å². The van der Waals surface area contributed by atoms with Gasteiger partial charge < -0.3 is 0 Å². The minimum atomic E-state index is 0.756. The summed E-state index contributed by atoms with van der Waals surface area (Å²) in [4.78, 5) is 0. The number of allylic oxidation sites excluding steroid dienone is 5. The molecule has 0 amide bonds. The van der Waals surface area contributed by atoms with Crippen molar-refractivity contribution in [2.45, 2.75) is 26.7 Å². The Morgan fingerprint density at radius 3 is 2.64 bits per heavy atom. The highest BCUT2D eigenvalue weighted by atomic mass is 35.5. The predicted octanol–water partition coefficient (Wildman–Crippen LogP) is 4.04. The van der Waals surface area contributed by atoms with Crippen molar-refractivity contribution in [3.8, 4) is 0 Å². The smallest absolute Gasteiger partial charge is 0.0405 e. The summed E-state index contributed by atoms with van der Waals surface area (Å²) in [6.45, 7) is 7.79. The van der Waals surface area contributed by atoms with E-state index in [1.165, 1.54) is 0 Å². The summed E-state index contributed by atoms with van der Waals surface area (Å²) in [6, 6.07) is 0. The van der Waals surface area contributed by atoms with E-state index in [1.54, 1.807) is 0 Å². The standard InChI is InChI=1S/C10H15Cl/c1-4-5-6-7-10(11)8-9(2)3/h6-8H,2,4-5H2,1,3H3. The summed E-state index contributed by atoms with van der Waals surface area (Å²) in [5.74, 6) is 0. The van der Waals surface area contributed by atoms with Gasteiger partial charge in [0, 0.05) is 5.03 Å². The van der Waals surface area contributed by atoms with Crippen LogP contribution in [0.5, 0.6) is 0 Å². The first-order chi connectivity index (χ1) is 5.16. The second kappa shape index (κ2) is 6.23. The number of hydrogen-bond donors (Lipinski definition) is 0. The van der Waals surface area contributed by atoms with Crippen LogP contribution in [0.4, 0.5) is 0 Å². The molecule has 0 aromatic heterocycles. The lowest BCUT2D eigenvalue weighted by Crippen LogP contribution is -1.67. The van der Waals surface area contributed by atoms with Crippen LogP contribution in [0.3, 0.4) is 0 Å². The second-order valence-electron chi connectivity index (χ2n) is 2.57. The van der Waals surface area contributed by atoms with Crippen LogP contribution in [0.25, 0.3) is 0 Å². The number of halogens is 1. The van der Waals surface area contributed by atoms with Crippen LogP contribution in [0.2, 0.25) is 0 Å². The molecule has 0 bridgehead atoms. The van der Waals surface area contributed by atoms with Gasteiger partial charge in [-0.2, -0.15) is 0 Å². The molecule has 0 aliphatic heterocycles. The lowest BCUT2D eigenvalue weighted by atomic mass is 10.2. The second-order valence-corrected chi connectivity index (χ2v) is 3.00. The Labute approximate surface area is 74.3 Å². The molecular formula is C10H15Cl. The zero-order valence-electron chi connectivity index (χ0n) is 7.23. The summed E-state index contributed by atoms with van der Waals surface area (Å²) in [6.07, 6.45) is 8.09. The van der Waals surface area contributed by atoms with E-state index in [9.17, 15) is 0 Å². The molecule has 0 radical (unpaired) electrons. The third-order valence-corrected chi connectivity index (χ3v) is 1.35. The normalized spacial score (nSPS) is 12.5. The molecule has 0 spiro atoms. The van der Waals surface area contributed by atoms with Crippen molar-refractivity contribution in [1.29, 1.82) is 0 Å². The summed E-state index contributed by atoms with van der Waals surface area (Å²) in [5.41, 5.74) is 0.983. The van der Waals surface area contributed by atoms with Gasteiger partial charge in [0.1, 0.15) is 0 Å². The molecule has 0 heterocycles. The van der Waals surface area contributed by atoms with Crippen molar-refractivity contribution in [1.82, 2.24) is 0 Å². The molecule has 0 fully saturated rings. The van der Waals surface area contributed by atoms with E-state index in [1.807, 2.05) is 19.1 Å². The molecule has 1 heteroatoms. The molecule has 0 aliphatic carbocycles. The fraction of sp³-hybridized carbons (Fsp3) is 0.400. The van der Waals surface area contributed by atoms with Crippen molar-refractivity contribution in [2.75, 3.05) is 0 Å². The zero-order chi connectivity index (χ0) is 8.69. The first kappa shape index (κ1) is 10.5. The molecule has 0 aromatic carbocycles. The molecule has 0 N–H and O–H groups in total. The molecule has 0 saturated heterocycles. The van der Waals surface area contributed by atoms with Crippen LogP contribution < -0.4 is 0 Å². The molecule has 0 rings (SSSR count). The Kier molecular flexibility index (Phi) is 5.96. The molecule has 11 heavy (non-hydrogen) atoms. The van der Waals surface area contributed by atoms with Crippen LogP contribution >= 0.6 is 11.6 Å². The van der Waals surface area contributed by atoms with E-state index in [4.69, 9.17) is 11.6 Å². The molecule has 0 aromatic rings. The van der Waals surface area contributed by atoms with Crippen molar-refractivity contribution in [3.05, 3.63) is 35.4 Å². The van der Waals surface area contributed by atoms with Gasteiger partial charge in [-0.1, -0.05) is 43.2 Å². The molecule has 0 aliphatic rings. The average molecular weight is 171 g/mol. The summed E-state index contributed by atoms with van der Waals surface area (Å²) >= 11 is 5.83. The van der Waals surface area contributed by atoms with Gasteiger partial charge in [-0.15, -0.1) is 0 Å². The quantitative estimate of drug-likeness (QED) is 0.559. The van der Waals surface area contributed by atoms with E-state index in [0.29, 0.717) is 0 Å². The van der Waals surface area contributed by atoms with Crippen LogP contribution in [0.1, 0.15) is 26.7 Å². The summed E-state index contributed by atoms with van der Waals surface area (Å²) < 4.78 is 0. The van der Waals surface area contributed by atoms with Crippen molar-refractivity contribution >= 4 is 11.6 Å². The van der Waals surface area contributed by atoms with Gasteiger partial charge in [0.25, 0.3) is 0 Å². The number of hydrogen-bond acceptors (Lipinski definition) is 0. The van der Waals surface area contributed by atoms with E-state index in [-0.39, 0.29) is 0 Å². The highest BCUT2D eigenvalue weighted by Gasteiger charge is 1.83. The lowest BCUT2D eigenvalue weighted by molar-refractivity contribution is 0.958. The third-order valence-electron chi connectivity index (χ3n) is 1.12. The minimum Gasteiger partial charge on any atom is -0.0961 e. The molecule has 0 unspecified atom stereocenters. The van der Waals surface area contributed by atoms with Gasteiger partial charge in [0.2, 0.25) is 0 Å². The SMILES string of the molecule is C=C(C)C=C(Cl)C=CCCC. The predicted molar refractivity (Wildman–Crippen MR) is 52.8 cm³/mol. The summed E-state index contributed by atoms with van der Waals surface area (Å²) in [7, 11) is 0. The van der Waals surface area contributed by atoms with Gasteiger partial charge in [0.15, 0.2) is 0 Å². The lowest BCUT2D eigenvalue weighted by Gasteiger charge is -1.89. The summed E-state index contributed by atoms with van der Waals surface area (Å²) in [5, 5.41) is 0.756. The topological polar surface area (TPSA) is 0 Å². The Balaban J connectivity index is 3.85. The maximum atomic E-state index is 5.83. The van der Waals surface area contributed by atoms with Crippen LogP contribution in [0, 0.1) is 0 Å². The van der Waals surface area contributed by atoms with E-state index >= 15 is 0 Å². The first-order valence-corrected chi connectivity index (χ1v) is 4.24. The van der Waals surface area contributed by atoms with Crippen molar-refractivity contribution < 1.29 is 0 Å². The molecule has 0 saturated carbocycles. The van der Waals surface area contributed by atoms with Gasteiger partial charge in [-0.25, -0.2) is 0 Å². The highest BCUT2D eigenvalue weighted by Crippen LogP contribution is 2.07. The first-order valence-electron chi connectivity index (χ1n) is 3.86. The molecular weight excluding hydrogens is 156 g/mol. The maximum Gasteiger partial charge on any atom is 0.0405 e. The van der Waals surface area contributed by atoms with Crippen molar-refractivity contribution in [3.63, 3.8) is 0 Å². The minimum absolute atomic E-state index is 0.756.